The fourth-order valence-corrected chi connectivity index (χ4v) is 13.6. The highest BCUT2D eigenvalue weighted by Crippen LogP contribution is 2.38. The van der Waals surface area contributed by atoms with Crippen LogP contribution in [0, 0.1) is 0 Å². The summed E-state index contributed by atoms with van der Waals surface area (Å²) >= 11 is 0. The van der Waals surface area contributed by atoms with Crippen LogP contribution >= 0.6 is 7.82 Å². The number of unbranched alkanes of at least 4 members (excludes halogenated alkanes) is 61. The molecule has 2 unspecified atom stereocenters. The maximum absolute atomic E-state index is 12.9. The predicted octanol–water partition coefficient (Wildman–Crippen LogP) is 26.9. The molecule has 0 aliphatic rings. The van der Waals surface area contributed by atoms with Crippen molar-refractivity contribution in [2.24, 2.45) is 0 Å². The molecule has 0 aliphatic heterocycles. The number of likely N-dealkylation sites (N-methyl/N-ethyl adjacent to an activating group) is 1. The van der Waals surface area contributed by atoms with Gasteiger partial charge in [-0.1, -0.05) is 411 Å². The number of ether oxygens (including phenoxy) is 2. The van der Waals surface area contributed by atoms with E-state index in [0.717, 1.165) is 38.5 Å². The highest BCUT2D eigenvalue weighted by Gasteiger charge is 2.22. The van der Waals surface area contributed by atoms with Crippen molar-refractivity contribution in [2.75, 3.05) is 47.5 Å². The van der Waals surface area contributed by atoms with Crippen LogP contribution in [0.25, 0.3) is 0 Å². The minimum atomic E-state index is -4.64. The smallest absolute Gasteiger partial charge is 0.306 e. The van der Waals surface area contributed by atoms with Gasteiger partial charge in [0.15, 0.2) is 6.10 Å². The zero-order chi connectivity index (χ0) is 67.6. The predicted molar refractivity (Wildman–Crippen MR) is 402 cm³/mol. The number of nitrogens with zero attached hydrogens (tertiary/aromatic N) is 1. The Labute approximate surface area is 580 Å². The van der Waals surface area contributed by atoms with Crippen molar-refractivity contribution in [2.45, 2.75) is 450 Å². The van der Waals surface area contributed by atoms with E-state index in [-0.39, 0.29) is 32.0 Å². The van der Waals surface area contributed by atoms with Crippen LogP contribution in [0.5, 0.6) is 0 Å². The summed E-state index contributed by atoms with van der Waals surface area (Å²) in [5.74, 6) is -0.805. The van der Waals surface area contributed by atoms with Crippen molar-refractivity contribution in [3.05, 3.63) is 24.3 Å². The maximum Gasteiger partial charge on any atom is 0.306 e. The number of esters is 2. The standard InChI is InChI=1S/C83H162NO8P/c1-6-8-10-12-14-16-18-20-22-24-26-28-30-32-34-36-38-39-40-41-42-43-44-46-47-49-51-53-55-57-59-61-63-65-67-69-71-73-75-82(85)89-79-81(80-91-93(87,88)90-78-77-84(3,4)5)92-83(86)76-74-72-70-68-66-64-62-60-58-56-54-52-50-48-45-37-35-33-31-29-27-25-23-21-19-17-15-13-11-9-7-2/h19,21,25,27,81H,6-18,20,22-24,26,28-80H2,1-5H3/b21-19-,27-25-. The molecule has 0 N–H and O–H groups in total. The fourth-order valence-electron chi connectivity index (χ4n) is 12.9. The van der Waals surface area contributed by atoms with Crippen molar-refractivity contribution in [3.63, 3.8) is 0 Å². The summed E-state index contributed by atoms with van der Waals surface area (Å²) in [6.07, 6.45) is 96.1. The van der Waals surface area contributed by atoms with Crippen LogP contribution in [-0.4, -0.2) is 70.0 Å². The Bertz CT molecular complexity index is 1610. The van der Waals surface area contributed by atoms with Crippen LogP contribution in [0.1, 0.15) is 444 Å². The minimum absolute atomic E-state index is 0.0266. The number of hydrogen-bond donors (Lipinski definition) is 0. The summed E-state index contributed by atoms with van der Waals surface area (Å²) < 4.78 is 34.4. The number of rotatable bonds is 79. The second-order valence-corrected chi connectivity index (χ2v) is 31.3. The van der Waals surface area contributed by atoms with Gasteiger partial charge in [-0.05, 0) is 44.9 Å². The Hall–Kier alpha value is -1.51. The van der Waals surface area contributed by atoms with Crippen molar-refractivity contribution in [1.82, 2.24) is 0 Å². The van der Waals surface area contributed by atoms with Gasteiger partial charge >= 0.3 is 11.9 Å². The Balaban J connectivity index is 3.87. The summed E-state index contributed by atoms with van der Waals surface area (Å²) in [5, 5.41) is 0. The van der Waals surface area contributed by atoms with Gasteiger partial charge in [0.2, 0.25) is 0 Å². The molecule has 0 heterocycles. The van der Waals surface area contributed by atoms with E-state index in [1.54, 1.807) is 0 Å². The zero-order valence-corrected chi connectivity index (χ0v) is 64.1. The Morgan fingerprint density at radius 3 is 0.849 bits per heavy atom. The van der Waals surface area contributed by atoms with Crippen LogP contribution in [-0.2, 0) is 32.7 Å². The molecule has 0 saturated heterocycles. The van der Waals surface area contributed by atoms with Gasteiger partial charge in [-0.3, -0.25) is 14.2 Å². The molecule has 0 aromatic heterocycles. The second-order valence-electron chi connectivity index (χ2n) is 29.9. The quantitative estimate of drug-likeness (QED) is 0.0195. The van der Waals surface area contributed by atoms with Crippen molar-refractivity contribution in [3.8, 4) is 0 Å². The average Bonchev–Trinajstić information content (AvgIpc) is 2.02. The number of phosphoric acid groups is 1. The van der Waals surface area contributed by atoms with E-state index in [4.69, 9.17) is 18.5 Å². The van der Waals surface area contributed by atoms with E-state index in [0.29, 0.717) is 17.4 Å². The van der Waals surface area contributed by atoms with Gasteiger partial charge in [-0.2, -0.15) is 0 Å². The number of phosphoric ester groups is 1. The topological polar surface area (TPSA) is 111 Å². The van der Waals surface area contributed by atoms with Crippen LogP contribution in [0.2, 0.25) is 0 Å². The average molecular weight is 1330 g/mol. The molecule has 552 valence electrons. The number of carbonyl (C=O) groups is 2. The summed E-state index contributed by atoms with van der Waals surface area (Å²) in [5.41, 5.74) is 0. The number of hydrogen-bond acceptors (Lipinski definition) is 8. The van der Waals surface area contributed by atoms with E-state index in [9.17, 15) is 19.0 Å². The molecule has 0 bridgehead atoms. The van der Waals surface area contributed by atoms with Crippen molar-refractivity contribution < 1.29 is 42.1 Å². The number of carbonyl (C=O) groups excluding carboxylic acids is 2. The van der Waals surface area contributed by atoms with Gasteiger partial charge in [0.05, 0.1) is 27.7 Å². The molecule has 93 heavy (non-hydrogen) atoms. The van der Waals surface area contributed by atoms with Crippen molar-refractivity contribution in [1.29, 1.82) is 0 Å². The van der Waals surface area contributed by atoms with E-state index in [2.05, 4.69) is 38.2 Å². The van der Waals surface area contributed by atoms with E-state index in [1.807, 2.05) is 21.1 Å². The van der Waals surface area contributed by atoms with Gasteiger partial charge < -0.3 is 27.9 Å². The molecule has 0 rings (SSSR count). The molecule has 0 fully saturated rings. The lowest BCUT2D eigenvalue weighted by Crippen LogP contribution is -2.37. The minimum Gasteiger partial charge on any atom is -0.756 e. The first-order valence-corrected chi connectivity index (χ1v) is 43.0. The molecule has 10 heteroatoms. The molecule has 0 spiro atoms. The third kappa shape index (κ3) is 79.4. The first-order chi connectivity index (χ1) is 45.5. The molecule has 0 aliphatic carbocycles. The lowest BCUT2D eigenvalue weighted by atomic mass is 10.0. The summed E-state index contributed by atoms with van der Waals surface area (Å²) in [6, 6.07) is 0. The summed E-state index contributed by atoms with van der Waals surface area (Å²) in [6.45, 7) is 4.32. The Morgan fingerprint density at radius 1 is 0.333 bits per heavy atom. The maximum atomic E-state index is 12.9. The SMILES string of the molecule is CCCCCCC/C=C\C/C=C\CCCCCCCCCCCCCCCCCCCCCC(=O)OC(COC(=O)CCCCCCCCCCCCCCCCCCCCCCCCCCCCCCCCCCCCCCCC)COP(=O)([O-])OCC[N+](C)(C)C. The van der Waals surface area contributed by atoms with Gasteiger partial charge in [0.1, 0.15) is 19.8 Å². The summed E-state index contributed by atoms with van der Waals surface area (Å²) in [4.78, 5) is 38.2. The molecule has 0 amide bonds. The van der Waals surface area contributed by atoms with Crippen LogP contribution in [0.4, 0.5) is 0 Å². The molecular formula is C83H162NO8P. The van der Waals surface area contributed by atoms with Crippen LogP contribution in [0.15, 0.2) is 24.3 Å². The van der Waals surface area contributed by atoms with E-state index in [1.165, 1.54) is 372 Å². The lowest BCUT2D eigenvalue weighted by molar-refractivity contribution is -0.870. The van der Waals surface area contributed by atoms with Gasteiger partial charge in [0.25, 0.3) is 7.82 Å². The molecule has 9 nitrogen and oxygen atoms in total. The normalized spacial score (nSPS) is 13.1. The van der Waals surface area contributed by atoms with Gasteiger partial charge in [-0.15, -0.1) is 0 Å². The molecular weight excluding hydrogens is 1170 g/mol. The van der Waals surface area contributed by atoms with Gasteiger partial charge in [-0.25, -0.2) is 0 Å². The Morgan fingerprint density at radius 2 is 0.581 bits per heavy atom. The number of allylic oxidation sites excluding steroid dienone is 4. The zero-order valence-electron chi connectivity index (χ0n) is 63.3. The third-order valence-corrected chi connectivity index (χ3v) is 20.2. The monoisotopic (exact) mass is 1330 g/mol. The highest BCUT2D eigenvalue weighted by atomic mass is 31.2. The third-order valence-electron chi connectivity index (χ3n) is 19.2. The molecule has 0 saturated carbocycles. The van der Waals surface area contributed by atoms with Crippen LogP contribution < -0.4 is 4.89 Å². The molecule has 0 radical (unpaired) electrons. The first kappa shape index (κ1) is 91.5. The highest BCUT2D eigenvalue weighted by molar-refractivity contribution is 7.45. The Kier molecular flexibility index (Phi) is 73.5. The van der Waals surface area contributed by atoms with Crippen LogP contribution in [0.3, 0.4) is 0 Å². The lowest BCUT2D eigenvalue weighted by Gasteiger charge is -2.28. The fraction of sp³-hybridized carbons (Fsp3) is 0.928. The van der Waals surface area contributed by atoms with Gasteiger partial charge in [0, 0.05) is 12.8 Å². The largest absolute Gasteiger partial charge is 0.756 e. The molecule has 0 aromatic rings. The van der Waals surface area contributed by atoms with Crippen molar-refractivity contribution >= 4 is 19.8 Å². The molecule has 0 aromatic carbocycles. The first-order valence-electron chi connectivity index (χ1n) is 41.5. The van der Waals surface area contributed by atoms with E-state index >= 15 is 0 Å². The molecule has 2 atom stereocenters. The van der Waals surface area contributed by atoms with E-state index < -0.39 is 26.5 Å². The second kappa shape index (κ2) is 74.7. The number of quaternary nitrogens is 1. The summed E-state index contributed by atoms with van der Waals surface area (Å²) in [7, 11) is 1.19.